The third kappa shape index (κ3) is 21.7. The molecule has 2 aliphatic heterocycles. The zero-order chi connectivity index (χ0) is 43.6. The van der Waals surface area contributed by atoms with Crippen molar-refractivity contribution in [1.29, 1.82) is 0 Å². The van der Waals surface area contributed by atoms with E-state index in [1.807, 2.05) is 0 Å². The van der Waals surface area contributed by atoms with Crippen molar-refractivity contribution in [2.75, 3.05) is 54.9 Å². The Morgan fingerprint density at radius 1 is 0.417 bits per heavy atom. The Bertz CT molecular complexity index is 1650. The van der Waals surface area contributed by atoms with Gasteiger partial charge >= 0.3 is 39.0 Å². The number of aromatic carboxylic acids is 4. The van der Waals surface area contributed by atoms with Gasteiger partial charge in [0.1, 0.15) is 46.3 Å². The summed E-state index contributed by atoms with van der Waals surface area (Å²) in [6.07, 6.45) is 5.11. The van der Waals surface area contributed by atoms with Crippen LogP contribution in [0.2, 0.25) is 0 Å². The average molecular weight is 1020 g/mol. The quantitative estimate of drug-likeness (QED) is 0.183. The van der Waals surface area contributed by atoms with E-state index in [-0.39, 0.29) is 84.2 Å². The third-order valence-electron chi connectivity index (χ3n) is 7.19. The van der Waals surface area contributed by atoms with Crippen LogP contribution in [-0.4, -0.2) is 78.7 Å². The minimum atomic E-state index is -1.38. The van der Waals surface area contributed by atoms with E-state index in [1.165, 1.54) is 54.1 Å². The average Bonchev–Trinajstić information content (AvgIpc) is 3.99. The Labute approximate surface area is 368 Å². The number of carbonyl (C=O) groups is 4. The van der Waals surface area contributed by atoms with Crippen molar-refractivity contribution in [3.63, 3.8) is 0 Å². The SMILES string of the molecule is C1CCOC1.C1CCOC1.COc1cc(F)ccc1C(=O)[O-].COc1cc(F)ccc1C(=O)[O-].COc1cc(F)ccc1C(=O)[O-].COc1cc(F)ccc1C(=O)[O-].[Ru+2].[Ru+2]. The van der Waals surface area contributed by atoms with Gasteiger partial charge in [0, 0.05) is 72.9 Å². The van der Waals surface area contributed by atoms with Crippen LogP contribution in [0.5, 0.6) is 23.0 Å². The van der Waals surface area contributed by atoms with Crippen molar-refractivity contribution in [3.05, 3.63) is 118 Å². The molecule has 0 spiro atoms. The summed E-state index contributed by atoms with van der Waals surface area (Å²) in [7, 11) is 5.06. The van der Waals surface area contributed by atoms with Crippen LogP contribution < -0.4 is 39.4 Å². The number of rotatable bonds is 8. The van der Waals surface area contributed by atoms with E-state index in [4.69, 9.17) is 9.47 Å². The summed E-state index contributed by atoms with van der Waals surface area (Å²) in [5, 5.41) is 41.5. The Morgan fingerprint density at radius 2 is 0.600 bits per heavy atom. The molecule has 0 atom stereocenters. The molecule has 0 radical (unpaired) electrons. The molecule has 0 unspecified atom stereocenters. The van der Waals surface area contributed by atoms with Gasteiger partial charge in [-0.05, 0) is 74.2 Å². The topological polar surface area (TPSA) is 216 Å². The smallest absolute Gasteiger partial charge is 0.545 e. The summed E-state index contributed by atoms with van der Waals surface area (Å²) in [5.74, 6) is -7.84. The molecule has 2 saturated heterocycles. The molecule has 60 heavy (non-hydrogen) atoms. The predicted molar refractivity (Wildman–Crippen MR) is 189 cm³/mol. The molecule has 20 heteroatoms. The summed E-state index contributed by atoms with van der Waals surface area (Å²) in [6, 6.07) is 12.5. The van der Waals surface area contributed by atoms with Gasteiger partial charge in [0.15, 0.2) is 0 Å². The van der Waals surface area contributed by atoms with Crippen molar-refractivity contribution in [1.82, 2.24) is 0 Å². The van der Waals surface area contributed by atoms with Crippen LogP contribution in [0, 0.1) is 23.3 Å². The van der Waals surface area contributed by atoms with E-state index in [0.717, 1.165) is 99.2 Å². The number of carboxylic acids is 4. The van der Waals surface area contributed by atoms with E-state index < -0.39 is 47.1 Å². The standard InChI is InChI=1S/4C8H7FO3.2C4H8O.2Ru/c4*1-12-7-4-5(9)2-3-6(7)8(10)11;2*1-2-4-5-3-1;;/h4*2-4H,1H3,(H,10,11);2*1-4H2;;/q;;;;;;2*+2/p-4. The molecule has 0 bridgehead atoms. The molecule has 328 valence electrons. The number of methoxy groups -OCH3 is 4. The molecule has 0 saturated carbocycles. The first-order valence-corrected chi connectivity index (χ1v) is 16.9. The van der Waals surface area contributed by atoms with Gasteiger partial charge in [-0.15, -0.1) is 0 Å². The van der Waals surface area contributed by atoms with Gasteiger partial charge < -0.3 is 68.0 Å². The van der Waals surface area contributed by atoms with Crippen molar-refractivity contribution in [2.24, 2.45) is 0 Å². The van der Waals surface area contributed by atoms with Crippen molar-refractivity contribution < 1.29 is 125 Å². The summed E-state index contributed by atoms with van der Waals surface area (Å²) < 4.78 is 78.4. The molecule has 0 N–H and O–H groups in total. The molecule has 0 amide bonds. The number of carboxylic acid groups (broad SMARTS) is 4. The predicted octanol–water partition coefficient (Wildman–Crippen LogP) is 2.38. The first kappa shape index (κ1) is 56.9. The van der Waals surface area contributed by atoms with E-state index >= 15 is 0 Å². The second-order valence-corrected chi connectivity index (χ2v) is 11.2. The van der Waals surface area contributed by atoms with E-state index in [1.54, 1.807) is 0 Å². The summed E-state index contributed by atoms with van der Waals surface area (Å²) in [6.45, 7) is 4.00. The number of carbonyl (C=O) groups excluding carboxylic acids is 4. The molecule has 4 aromatic carbocycles. The zero-order valence-electron chi connectivity index (χ0n) is 32.5. The zero-order valence-corrected chi connectivity index (χ0v) is 36.0. The van der Waals surface area contributed by atoms with Crippen molar-refractivity contribution in [3.8, 4) is 23.0 Å². The maximum Gasteiger partial charge on any atom is 2.00 e. The van der Waals surface area contributed by atoms with E-state index in [0.29, 0.717) is 0 Å². The first-order chi connectivity index (χ1) is 27.6. The first-order valence-electron chi connectivity index (χ1n) is 16.9. The Hall–Kier alpha value is -5.15. The molecule has 14 nitrogen and oxygen atoms in total. The van der Waals surface area contributed by atoms with Gasteiger partial charge in [0.2, 0.25) is 0 Å². The Balaban J connectivity index is 0. The molecule has 0 aliphatic carbocycles. The van der Waals surface area contributed by atoms with Crippen LogP contribution in [0.3, 0.4) is 0 Å². The van der Waals surface area contributed by atoms with Gasteiger partial charge in [-0.2, -0.15) is 0 Å². The van der Waals surface area contributed by atoms with Crippen LogP contribution in [0.25, 0.3) is 0 Å². The van der Waals surface area contributed by atoms with Gasteiger partial charge in [-0.3, -0.25) is 0 Å². The van der Waals surface area contributed by atoms with E-state index in [9.17, 15) is 57.2 Å². The molecule has 2 fully saturated rings. The molecule has 2 heterocycles. The van der Waals surface area contributed by atoms with Gasteiger partial charge in [0.05, 0.1) is 52.3 Å². The third-order valence-corrected chi connectivity index (χ3v) is 7.19. The number of hydrogen-bond donors (Lipinski definition) is 0. The maximum absolute atomic E-state index is 12.5. The number of ether oxygens (including phenoxy) is 6. The molecule has 6 rings (SSSR count). The van der Waals surface area contributed by atoms with Gasteiger partial charge in [0.25, 0.3) is 0 Å². The van der Waals surface area contributed by atoms with Crippen LogP contribution in [0.1, 0.15) is 67.1 Å². The molecular formula is C40H40F4O14Ru2. The second-order valence-electron chi connectivity index (χ2n) is 11.2. The molecule has 2 aliphatic rings. The van der Waals surface area contributed by atoms with Crippen LogP contribution >= 0.6 is 0 Å². The van der Waals surface area contributed by atoms with E-state index in [2.05, 4.69) is 18.9 Å². The minimum Gasteiger partial charge on any atom is -0.545 e. The van der Waals surface area contributed by atoms with Crippen LogP contribution in [-0.2, 0) is 48.4 Å². The van der Waals surface area contributed by atoms with Gasteiger partial charge in [-0.25, -0.2) is 17.6 Å². The maximum atomic E-state index is 12.5. The number of benzene rings is 4. The van der Waals surface area contributed by atoms with Gasteiger partial charge in [-0.1, -0.05) is 0 Å². The molecular weight excluding hydrogens is 983 g/mol. The summed E-state index contributed by atoms with van der Waals surface area (Å²) in [5.41, 5.74) is -0.615. The summed E-state index contributed by atoms with van der Waals surface area (Å²) in [4.78, 5) is 41.5. The minimum absolute atomic E-state index is 0. The number of halogens is 4. The fraction of sp³-hybridized carbons (Fsp3) is 0.300. The van der Waals surface area contributed by atoms with Crippen molar-refractivity contribution in [2.45, 2.75) is 25.7 Å². The molecule has 0 aromatic heterocycles. The van der Waals surface area contributed by atoms with Crippen LogP contribution in [0.4, 0.5) is 17.6 Å². The second kappa shape index (κ2) is 31.7. The monoisotopic (exact) mass is 1020 g/mol. The number of hydrogen-bond acceptors (Lipinski definition) is 14. The Morgan fingerprint density at radius 3 is 0.717 bits per heavy atom. The summed E-state index contributed by atoms with van der Waals surface area (Å²) >= 11 is 0. The normalized spacial score (nSPS) is 11.6. The fourth-order valence-electron chi connectivity index (χ4n) is 4.36. The van der Waals surface area contributed by atoms with Crippen LogP contribution in [0.15, 0.2) is 72.8 Å². The Kier molecular flexibility index (Phi) is 30.1. The molecule has 4 aromatic rings. The largest absolute Gasteiger partial charge is 2.00 e. The fourth-order valence-corrected chi connectivity index (χ4v) is 4.36. The van der Waals surface area contributed by atoms with Crippen molar-refractivity contribution >= 4 is 23.9 Å².